The zero-order chi connectivity index (χ0) is 13.5. The molecule has 3 nitrogen and oxygen atoms in total. The van der Waals surface area contributed by atoms with Crippen LogP contribution in [0.2, 0.25) is 0 Å². The van der Waals surface area contributed by atoms with E-state index in [0.717, 1.165) is 6.54 Å². The predicted octanol–water partition coefficient (Wildman–Crippen LogP) is 2.37. The highest BCUT2D eigenvalue weighted by Gasteiger charge is 2.20. The van der Waals surface area contributed by atoms with Gasteiger partial charge in [-0.2, -0.15) is 0 Å². The zero-order valence-electron chi connectivity index (χ0n) is 11.1. The van der Waals surface area contributed by atoms with Crippen LogP contribution >= 0.6 is 0 Å². The third-order valence-corrected chi connectivity index (χ3v) is 3.04. The Kier molecular flexibility index (Phi) is 5.95. The molecule has 0 amide bonds. The molecule has 100 valence electrons. The fourth-order valence-electron chi connectivity index (χ4n) is 1.86. The van der Waals surface area contributed by atoms with Crippen molar-refractivity contribution in [1.29, 1.82) is 0 Å². The summed E-state index contributed by atoms with van der Waals surface area (Å²) in [5, 5.41) is 0. The standard InChI is InChI=1S/C14H20FNO2/c1-4-16(9-10-18-3)11(2)14(17)12-5-7-13(15)8-6-12/h5-8,11H,4,9-10H2,1-3H3. The van der Waals surface area contributed by atoms with Gasteiger partial charge in [0.2, 0.25) is 0 Å². The third kappa shape index (κ3) is 3.89. The van der Waals surface area contributed by atoms with Crippen LogP contribution in [0.25, 0.3) is 0 Å². The van der Waals surface area contributed by atoms with Gasteiger partial charge in [-0.15, -0.1) is 0 Å². The summed E-state index contributed by atoms with van der Waals surface area (Å²) in [7, 11) is 1.64. The Morgan fingerprint density at radius 1 is 1.39 bits per heavy atom. The van der Waals surface area contributed by atoms with Crippen molar-refractivity contribution in [2.24, 2.45) is 0 Å². The monoisotopic (exact) mass is 253 g/mol. The fourth-order valence-corrected chi connectivity index (χ4v) is 1.86. The highest BCUT2D eigenvalue weighted by atomic mass is 19.1. The lowest BCUT2D eigenvalue weighted by Crippen LogP contribution is -2.40. The van der Waals surface area contributed by atoms with Crippen molar-refractivity contribution in [1.82, 2.24) is 4.90 Å². The normalized spacial score (nSPS) is 12.7. The Hall–Kier alpha value is -1.26. The van der Waals surface area contributed by atoms with Crippen LogP contribution in [0, 0.1) is 5.82 Å². The number of carbonyl (C=O) groups excluding carboxylic acids is 1. The molecular weight excluding hydrogens is 233 g/mol. The smallest absolute Gasteiger partial charge is 0.179 e. The van der Waals surface area contributed by atoms with Crippen LogP contribution in [0.15, 0.2) is 24.3 Å². The van der Waals surface area contributed by atoms with Crippen LogP contribution in [-0.2, 0) is 4.74 Å². The first-order chi connectivity index (χ1) is 8.60. The number of ether oxygens (including phenoxy) is 1. The van der Waals surface area contributed by atoms with Crippen LogP contribution in [0.3, 0.4) is 0 Å². The van der Waals surface area contributed by atoms with Crippen molar-refractivity contribution in [3.05, 3.63) is 35.6 Å². The maximum atomic E-state index is 12.8. The van der Waals surface area contributed by atoms with Crippen LogP contribution < -0.4 is 0 Å². The molecule has 0 radical (unpaired) electrons. The van der Waals surface area contributed by atoms with E-state index in [0.29, 0.717) is 18.7 Å². The van der Waals surface area contributed by atoms with E-state index in [1.807, 2.05) is 18.7 Å². The zero-order valence-corrected chi connectivity index (χ0v) is 11.1. The van der Waals surface area contributed by atoms with Crippen molar-refractivity contribution in [2.75, 3.05) is 26.8 Å². The Morgan fingerprint density at radius 3 is 2.50 bits per heavy atom. The molecule has 0 aromatic heterocycles. The molecule has 0 saturated carbocycles. The number of benzene rings is 1. The molecule has 0 bridgehead atoms. The first-order valence-corrected chi connectivity index (χ1v) is 6.13. The molecule has 0 aliphatic carbocycles. The molecule has 0 aliphatic rings. The summed E-state index contributed by atoms with van der Waals surface area (Å²) in [4.78, 5) is 14.3. The van der Waals surface area contributed by atoms with Crippen molar-refractivity contribution < 1.29 is 13.9 Å². The molecule has 0 fully saturated rings. The van der Waals surface area contributed by atoms with E-state index in [1.165, 1.54) is 24.3 Å². The number of methoxy groups -OCH3 is 1. The van der Waals surface area contributed by atoms with E-state index in [-0.39, 0.29) is 17.6 Å². The number of Topliss-reactive ketones (excluding diaryl/α,β-unsaturated/α-hetero) is 1. The predicted molar refractivity (Wildman–Crippen MR) is 69.3 cm³/mol. The van der Waals surface area contributed by atoms with E-state index >= 15 is 0 Å². The number of nitrogens with zero attached hydrogens (tertiary/aromatic N) is 1. The van der Waals surface area contributed by atoms with E-state index in [4.69, 9.17) is 4.74 Å². The second-order valence-corrected chi connectivity index (χ2v) is 4.17. The third-order valence-electron chi connectivity index (χ3n) is 3.04. The molecule has 1 aromatic carbocycles. The van der Waals surface area contributed by atoms with Gasteiger partial charge in [0.25, 0.3) is 0 Å². The van der Waals surface area contributed by atoms with Crippen molar-refractivity contribution in [3.8, 4) is 0 Å². The lowest BCUT2D eigenvalue weighted by atomic mass is 10.0. The molecule has 0 aliphatic heterocycles. The Balaban J connectivity index is 2.72. The second kappa shape index (κ2) is 7.24. The average molecular weight is 253 g/mol. The molecule has 0 spiro atoms. The van der Waals surface area contributed by atoms with Crippen molar-refractivity contribution in [3.63, 3.8) is 0 Å². The molecule has 0 N–H and O–H groups in total. The number of hydrogen-bond acceptors (Lipinski definition) is 3. The summed E-state index contributed by atoms with van der Waals surface area (Å²) < 4.78 is 17.8. The SMILES string of the molecule is CCN(CCOC)C(C)C(=O)c1ccc(F)cc1. The first-order valence-electron chi connectivity index (χ1n) is 6.13. The second-order valence-electron chi connectivity index (χ2n) is 4.17. The maximum absolute atomic E-state index is 12.8. The first kappa shape index (κ1) is 14.8. The van der Waals surface area contributed by atoms with Gasteiger partial charge >= 0.3 is 0 Å². The minimum atomic E-state index is -0.328. The van der Waals surface area contributed by atoms with E-state index in [2.05, 4.69) is 0 Å². The summed E-state index contributed by atoms with van der Waals surface area (Å²) in [6.07, 6.45) is 0. The summed E-state index contributed by atoms with van der Waals surface area (Å²) in [6.45, 7) is 5.95. The minimum Gasteiger partial charge on any atom is -0.383 e. The quantitative estimate of drug-likeness (QED) is 0.699. The summed E-state index contributed by atoms with van der Waals surface area (Å²) in [6, 6.07) is 5.45. The minimum absolute atomic E-state index is 0.00736. The van der Waals surface area contributed by atoms with E-state index in [9.17, 15) is 9.18 Å². The number of rotatable bonds is 7. The van der Waals surface area contributed by atoms with Crippen LogP contribution in [0.1, 0.15) is 24.2 Å². The molecule has 18 heavy (non-hydrogen) atoms. The molecular formula is C14H20FNO2. The molecule has 1 atom stereocenters. The molecule has 1 rings (SSSR count). The lowest BCUT2D eigenvalue weighted by molar-refractivity contribution is 0.0788. The van der Waals surface area contributed by atoms with Crippen LogP contribution in [0.5, 0.6) is 0 Å². The summed E-state index contributed by atoms with van der Waals surface area (Å²) >= 11 is 0. The van der Waals surface area contributed by atoms with Gasteiger partial charge in [0.15, 0.2) is 5.78 Å². The van der Waals surface area contributed by atoms with Gasteiger partial charge in [0.1, 0.15) is 5.82 Å². The average Bonchev–Trinajstić information content (AvgIpc) is 2.39. The maximum Gasteiger partial charge on any atom is 0.179 e. The van der Waals surface area contributed by atoms with E-state index < -0.39 is 0 Å². The van der Waals surface area contributed by atoms with Gasteiger partial charge in [-0.05, 0) is 37.7 Å². The number of halogens is 1. The Labute approximate surface area is 108 Å². The van der Waals surface area contributed by atoms with Crippen LogP contribution in [-0.4, -0.2) is 43.5 Å². The van der Waals surface area contributed by atoms with Crippen LogP contribution in [0.4, 0.5) is 4.39 Å². The van der Waals surface area contributed by atoms with E-state index in [1.54, 1.807) is 7.11 Å². The Morgan fingerprint density at radius 2 is 2.00 bits per heavy atom. The van der Waals surface area contributed by atoms with Gasteiger partial charge in [-0.1, -0.05) is 6.92 Å². The molecule has 1 unspecified atom stereocenters. The van der Waals surface area contributed by atoms with Crippen molar-refractivity contribution >= 4 is 5.78 Å². The Bertz CT molecular complexity index is 378. The number of likely N-dealkylation sites (N-methyl/N-ethyl adjacent to an activating group) is 1. The number of carbonyl (C=O) groups is 1. The van der Waals surface area contributed by atoms with Gasteiger partial charge in [-0.3, -0.25) is 9.69 Å². The van der Waals surface area contributed by atoms with Gasteiger partial charge in [-0.25, -0.2) is 4.39 Å². The van der Waals surface area contributed by atoms with Gasteiger partial charge in [0.05, 0.1) is 12.6 Å². The lowest BCUT2D eigenvalue weighted by Gasteiger charge is -2.26. The van der Waals surface area contributed by atoms with Crippen molar-refractivity contribution in [2.45, 2.75) is 19.9 Å². The molecule has 4 heteroatoms. The van der Waals surface area contributed by atoms with Gasteiger partial charge in [0, 0.05) is 19.2 Å². The fraction of sp³-hybridized carbons (Fsp3) is 0.500. The molecule has 0 saturated heterocycles. The summed E-state index contributed by atoms with van der Waals surface area (Å²) in [5.74, 6) is -0.320. The number of hydrogen-bond donors (Lipinski definition) is 0. The molecule has 0 heterocycles. The highest BCUT2D eigenvalue weighted by Crippen LogP contribution is 2.10. The number of ketones is 1. The largest absolute Gasteiger partial charge is 0.383 e. The van der Waals surface area contributed by atoms with Gasteiger partial charge < -0.3 is 4.74 Å². The summed E-state index contributed by atoms with van der Waals surface area (Å²) in [5.41, 5.74) is 0.541. The highest BCUT2D eigenvalue weighted by molar-refractivity contribution is 5.99. The topological polar surface area (TPSA) is 29.5 Å². The molecule has 1 aromatic rings.